The van der Waals surface area contributed by atoms with Crippen molar-refractivity contribution in [1.29, 1.82) is 5.26 Å². The van der Waals surface area contributed by atoms with Crippen LogP contribution in [0.1, 0.15) is 49.8 Å². The molecule has 44 heavy (non-hydrogen) atoms. The third-order valence-electron chi connectivity index (χ3n) is 6.72. The van der Waals surface area contributed by atoms with E-state index < -0.39 is 12.0 Å². The lowest BCUT2D eigenvalue weighted by atomic mass is 10.0. The molecule has 3 aromatic rings. The summed E-state index contributed by atoms with van der Waals surface area (Å²) in [6.45, 7) is 5.62. The van der Waals surface area contributed by atoms with E-state index in [-0.39, 0.29) is 18.4 Å². The molecule has 3 aromatic carbocycles. The second-order valence-electron chi connectivity index (χ2n) is 10.2. The topological polar surface area (TPSA) is 123 Å². The van der Waals surface area contributed by atoms with Crippen molar-refractivity contribution in [1.82, 2.24) is 15.5 Å². The molecule has 10 heteroatoms. The van der Waals surface area contributed by atoms with E-state index in [0.29, 0.717) is 48.9 Å². The minimum atomic E-state index is -1.05. The number of nitrogens with one attached hydrogen (secondary N) is 2. The molecule has 0 aromatic heterocycles. The minimum absolute atomic E-state index is 0.00951. The number of carboxylic acid groups (broad SMARTS) is 1. The number of carbonyl (C=O) groups is 3. The quantitative estimate of drug-likeness (QED) is 0.173. The highest BCUT2D eigenvalue weighted by atomic mass is 32.2. The first kappa shape index (κ1) is 36.7. The largest absolute Gasteiger partial charge is 0.480 e. The zero-order valence-electron chi connectivity index (χ0n) is 25.9. The summed E-state index contributed by atoms with van der Waals surface area (Å²) in [6.07, 6.45) is 4.88. The van der Waals surface area contributed by atoms with E-state index >= 15 is 0 Å². The van der Waals surface area contributed by atoms with E-state index in [2.05, 4.69) is 30.6 Å². The average Bonchev–Trinajstić information content (AvgIpc) is 3.03. The molecule has 0 bridgehead atoms. The van der Waals surface area contributed by atoms with Crippen molar-refractivity contribution in [2.75, 3.05) is 37.4 Å². The Hall–Kier alpha value is -3.52. The van der Waals surface area contributed by atoms with Crippen molar-refractivity contribution < 1.29 is 19.5 Å². The monoisotopic (exact) mass is 636 g/mol. The van der Waals surface area contributed by atoms with Crippen LogP contribution in [0.3, 0.4) is 0 Å². The lowest BCUT2D eigenvalue weighted by Gasteiger charge is -2.24. The SMILES string of the molecule is CCCC.CSCC[C@H](NC(=O)CN(CCNC(=O)CSCc1ccc(C#N)cc1)Cc1cccc2ccccc12)C(=O)O. The van der Waals surface area contributed by atoms with Crippen molar-refractivity contribution in [2.24, 2.45) is 0 Å². The standard InChI is InChI=1S/C30H34N4O4S2.C4H10/c1-39-16-13-27(30(37)38)33-28(35)19-34(18-25-7-4-6-24-5-2-3-8-26(24)25)15-14-32-29(36)21-40-20-23-11-9-22(17-31)10-12-23;1-3-4-2/h2-12,27H,13-16,18-21H2,1H3,(H,32,36)(H,33,35)(H,37,38);3-4H2,1-2H3/t27-;/m0./s1. The maximum atomic E-state index is 12.9. The summed E-state index contributed by atoms with van der Waals surface area (Å²) in [4.78, 5) is 38.9. The summed E-state index contributed by atoms with van der Waals surface area (Å²) in [5.74, 6) is 0.0718. The number of fused-ring (bicyclic) bond motifs is 1. The molecule has 1 atom stereocenters. The summed E-state index contributed by atoms with van der Waals surface area (Å²) >= 11 is 3.02. The first-order valence-corrected chi connectivity index (χ1v) is 17.4. The molecular formula is C34H44N4O4S2. The summed E-state index contributed by atoms with van der Waals surface area (Å²) in [6, 6.07) is 22.5. The number of hydrogen-bond acceptors (Lipinski definition) is 7. The van der Waals surface area contributed by atoms with Gasteiger partial charge in [-0.3, -0.25) is 14.5 Å². The first-order chi connectivity index (χ1) is 21.3. The fourth-order valence-electron chi connectivity index (χ4n) is 4.16. The highest BCUT2D eigenvalue weighted by Crippen LogP contribution is 2.20. The number of nitrogens with zero attached hydrogens (tertiary/aromatic N) is 2. The second kappa shape index (κ2) is 21.2. The van der Waals surface area contributed by atoms with Crippen LogP contribution < -0.4 is 10.6 Å². The Labute approximate surface area is 270 Å². The van der Waals surface area contributed by atoms with Crippen molar-refractivity contribution in [2.45, 2.75) is 51.4 Å². The van der Waals surface area contributed by atoms with Gasteiger partial charge in [-0.05, 0) is 52.5 Å². The van der Waals surface area contributed by atoms with Crippen LogP contribution in [0.2, 0.25) is 0 Å². The molecule has 2 amide bonds. The number of aliphatic carboxylic acids is 1. The van der Waals surface area contributed by atoms with Crippen LogP contribution in [0.4, 0.5) is 0 Å². The van der Waals surface area contributed by atoms with Gasteiger partial charge in [-0.15, -0.1) is 11.8 Å². The van der Waals surface area contributed by atoms with Crippen molar-refractivity contribution in [3.63, 3.8) is 0 Å². The Balaban J connectivity index is 0.00000159. The third-order valence-corrected chi connectivity index (χ3v) is 8.37. The number of carbonyl (C=O) groups excluding carboxylic acids is 2. The predicted octanol–water partition coefficient (Wildman–Crippen LogP) is 5.69. The third kappa shape index (κ3) is 13.8. The van der Waals surface area contributed by atoms with E-state index in [1.54, 1.807) is 12.1 Å². The fourth-order valence-corrected chi connectivity index (χ4v) is 5.45. The molecule has 0 aliphatic heterocycles. The summed E-state index contributed by atoms with van der Waals surface area (Å²) in [7, 11) is 0. The molecule has 8 nitrogen and oxygen atoms in total. The maximum Gasteiger partial charge on any atom is 0.326 e. The summed E-state index contributed by atoms with van der Waals surface area (Å²) < 4.78 is 0. The van der Waals surface area contributed by atoms with Crippen molar-refractivity contribution in [3.05, 3.63) is 83.4 Å². The van der Waals surface area contributed by atoms with E-state index in [1.807, 2.05) is 65.8 Å². The van der Waals surface area contributed by atoms with Gasteiger partial charge >= 0.3 is 5.97 Å². The van der Waals surface area contributed by atoms with Gasteiger partial charge in [0, 0.05) is 25.4 Å². The van der Waals surface area contributed by atoms with Gasteiger partial charge in [0.15, 0.2) is 0 Å². The van der Waals surface area contributed by atoms with Gasteiger partial charge in [0.1, 0.15) is 6.04 Å². The molecule has 0 radical (unpaired) electrons. The number of thioether (sulfide) groups is 2. The fraction of sp³-hybridized carbons (Fsp3) is 0.412. The number of hydrogen-bond donors (Lipinski definition) is 3. The molecule has 0 aliphatic rings. The zero-order chi connectivity index (χ0) is 32.2. The summed E-state index contributed by atoms with van der Waals surface area (Å²) in [5, 5.41) is 26.2. The van der Waals surface area contributed by atoms with E-state index in [0.717, 1.165) is 21.9 Å². The number of benzene rings is 3. The number of unbranched alkanes of at least 4 members (excludes halogenated alkanes) is 1. The van der Waals surface area contributed by atoms with Crippen LogP contribution in [-0.4, -0.2) is 71.2 Å². The van der Waals surface area contributed by atoms with E-state index in [9.17, 15) is 19.5 Å². The predicted molar refractivity (Wildman–Crippen MR) is 183 cm³/mol. The highest BCUT2D eigenvalue weighted by Gasteiger charge is 2.21. The van der Waals surface area contributed by atoms with Crippen LogP contribution in [0.5, 0.6) is 0 Å². The minimum Gasteiger partial charge on any atom is -0.480 e. The zero-order valence-corrected chi connectivity index (χ0v) is 27.5. The molecule has 236 valence electrons. The van der Waals surface area contributed by atoms with Gasteiger partial charge in [-0.25, -0.2) is 4.79 Å². The number of rotatable bonds is 17. The van der Waals surface area contributed by atoms with Gasteiger partial charge in [0.2, 0.25) is 11.8 Å². The number of nitriles is 1. The van der Waals surface area contributed by atoms with Gasteiger partial charge in [0.05, 0.1) is 23.9 Å². The Morgan fingerprint density at radius 1 is 0.977 bits per heavy atom. The van der Waals surface area contributed by atoms with Crippen molar-refractivity contribution in [3.8, 4) is 6.07 Å². The van der Waals surface area contributed by atoms with Crippen molar-refractivity contribution >= 4 is 52.1 Å². The normalized spacial score (nSPS) is 11.2. The average molecular weight is 637 g/mol. The second-order valence-corrected chi connectivity index (χ2v) is 12.2. The lowest BCUT2D eigenvalue weighted by Crippen LogP contribution is -2.47. The smallest absolute Gasteiger partial charge is 0.326 e. The Bertz CT molecular complexity index is 1350. The molecule has 3 N–H and O–H groups in total. The van der Waals surface area contributed by atoms with Crippen LogP contribution >= 0.6 is 23.5 Å². The lowest BCUT2D eigenvalue weighted by molar-refractivity contribution is -0.142. The van der Waals surface area contributed by atoms with Crippen LogP contribution in [0.25, 0.3) is 10.8 Å². The molecule has 0 fully saturated rings. The van der Waals surface area contributed by atoms with Crippen LogP contribution in [-0.2, 0) is 26.7 Å². The van der Waals surface area contributed by atoms with Gasteiger partial charge in [0.25, 0.3) is 0 Å². The molecule has 0 unspecified atom stereocenters. The molecule has 0 heterocycles. The molecule has 0 spiro atoms. The van der Waals surface area contributed by atoms with Gasteiger partial charge < -0.3 is 15.7 Å². The number of carboxylic acids is 1. The highest BCUT2D eigenvalue weighted by molar-refractivity contribution is 7.99. The summed E-state index contributed by atoms with van der Waals surface area (Å²) in [5.41, 5.74) is 2.69. The Morgan fingerprint density at radius 2 is 1.68 bits per heavy atom. The van der Waals surface area contributed by atoms with Crippen LogP contribution in [0, 0.1) is 11.3 Å². The molecule has 0 aliphatic carbocycles. The Kier molecular flexibility index (Phi) is 17.7. The first-order valence-electron chi connectivity index (χ1n) is 14.8. The van der Waals surface area contributed by atoms with E-state index in [1.165, 1.54) is 36.4 Å². The molecule has 0 saturated heterocycles. The van der Waals surface area contributed by atoms with Gasteiger partial charge in [-0.1, -0.05) is 81.3 Å². The molecular weight excluding hydrogens is 593 g/mol. The molecule has 0 saturated carbocycles. The van der Waals surface area contributed by atoms with E-state index in [4.69, 9.17) is 5.26 Å². The van der Waals surface area contributed by atoms with Crippen LogP contribution in [0.15, 0.2) is 66.7 Å². The van der Waals surface area contributed by atoms with Gasteiger partial charge in [-0.2, -0.15) is 17.0 Å². The maximum absolute atomic E-state index is 12.9. The Morgan fingerprint density at radius 3 is 2.34 bits per heavy atom. The number of amides is 2. The molecule has 3 rings (SSSR count).